The Bertz CT molecular complexity index is 1370. The molecule has 0 radical (unpaired) electrons. The van der Waals surface area contributed by atoms with Gasteiger partial charge in [0.2, 0.25) is 0 Å². The maximum atomic E-state index is 12.3. The molecule has 210 valence electrons. The zero-order valence-corrected chi connectivity index (χ0v) is 24.3. The molecule has 3 aromatic carbocycles. The minimum Gasteiger partial charge on any atom is -0.493 e. The summed E-state index contributed by atoms with van der Waals surface area (Å²) in [7, 11) is 3.10. The third-order valence-corrected chi connectivity index (χ3v) is 6.20. The molecule has 3 N–H and O–H groups in total. The van der Waals surface area contributed by atoms with Gasteiger partial charge in [0.1, 0.15) is 5.75 Å². The van der Waals surface area contributed by atoms with E-state index >= 15 is 0 Å². The zero-order valence-electron chi connectivity index (χ0n) is 22.7. The molecule has 0 aliphatic heterocycles. The number of anilines is 1. The highest BCUT2D eigenvalue weighted by molar-refractivity contribution is 9.10. The van der Waals surface area contributed by atoms with Crippen molar-refractivity contribution < 1.29 is 28.6 Å². The molecule has 0 fully saturated rings. The highest BCUT2D eigenvalue weighted by Gasteiger charge is 2.13. The maximum Gasteiger partial charge on any atom is 0.329 e. The summed E-state index contributed by atoms with van der Waals surface area (Å²) in [5, 5.41) is 9.25. The van der Waals surface area contributed by atoms with Gasteiger partial charge in [-0.15, -0.1) is 0 Å². The number of carbonyl (C=O) groups is 3. The van der Waals surface area contributed by atoms with Crippen molar-refractivity contribution in [3.63, 3.8) is 0 Å². The van der Waals surface area contributed by atoms with Crippen LogP contribution in [0.1, 0.15) is 22.3 Å². The summed E-state index contributed by atoms with van der Waals surface area (Å²) >= 11 is 3.44. The molecule has 3 aromatic rings. The van der Waals surface area contributed by atoms with Gasteiger partial charge in [0.15, 0.2) is 18.1 Å². The Morgan fingerprint density at radius 1 is 0.900 bits per heavy atom. The summed E-state index contributed by atoms with van der Waals surface area (Å²) in [6.45, 7) is 3.95. The third-order valence-electron chi connectivity index (χ3n) is 5.75. The molecule has 40 heavy (non-hydrogen) atoms. The quantitative estimate of drug-likeness (QED) is 0.172. The number of nitrogens with one attached hydrogen (secondary N) is 3. The molecule has 11 heteroatoms. The molecule has 0 heterocycles. The van der Waals surface area contributed by atoms with Gasteiger partial charge in [-0.1, -0.05) is 22.0 Å². The van der Waals surface area contributed by atoms with Gasteiger partial charge in [-0.05, 0) is 91.1 Å². The molecule has 0 saturated heterocycles. The number of halogens is 1. The van der Waals surface area contributed by atoms with Crippen molar-refractivity contribution in [2.75, 3.05) is 32.7 Å². The molecule has 0 bridgehead atoms. The monoisotopic (exact) mass is 610 g/mol. The summed E-state index contributed by atoms with van der Waals surface area (Å²) in [4.78, 5) is 36.4. The lowest BCUT2D eigenvalue weighted by Crippen LogP contribution is -2.38. The van der Waals surface area contributed by atoms with Crippen molar-refractivity contribution in [3.05, 3.63) is 81.3 Å². The van der Waals surface area contributed by atoms with Gasteiger partial charge in [-0.25, -0.2) is 5.43 Å². The highest BCUT2D eigenvalue weighted by Crippen LogP contribution is 2.27. The number of ether oxygens (including phenoxy) is 3. The van der Waals surface area contributed by atoms with Crippen molar-refractivity contribution >= 4 is 45.6 Å². The number of nitrogens with zero attached hydrogens (tertiary/aromatic N) is 1. The minimum atomic E-state index is -0.884. The first-order valence-electron chi connectivity index (χ1n) is 12.3. The average Bonchev–Trinajstić information content (AvgIpc) is 2.94. The number of hydrazone groups is 1. The van der Waals surface area contributed by atoms with E-state index in [1.807, 2.05) is 38.1 Å². The fraction of sp³-hybridized carbons (Fsp3) is 0.241. The SMILES string of the molecule is COc1ccc(CCNC(=O)C(=O)N/N=C\c2ccc(OCC(=O)Nc3c(C)cc(Br)cc3C)cc2)cc1OC. The number of hydrogen-bond donors (Lipinski definition) is 3. The highest BCUT2D eigenvalue weighted by atomic mass is 79.9. The summed E-state index contributed by atoms with van der Waals surface area (Å²) in [5.41, 5.74) is 6.43. The van der Waals surface area contributed by atoms with E-state index in [-0.39, 0.29) is 19.1 Å². The molecule has 10 nitrogen and oxygen atoms in total. The van der Waals surface area contributed by atoms with Gasteiger partial charge in [0.25, 0.3) is 5.91 Å². The largest absolute Gasteiger partial charge is 0.493 e. The maximum absolute atomic E-state index is 12.3. The number of hydrogen-bond acceptors (Lipinski definition) is 7. The molecule has 0 saturated carbocycles. The third kappa shape index (κ3) is 8.84. The van der Waals surface area contributed by atoms with Gasteiger partial charge in [0.05, 0.1) is 20.4 Å². The molecule has 3 rings (SSSR count). The molecule has 0 aromatic heterocycles. The average molecular weight is 611 g/mol. The predicted molar refractivity (Wildman–Crippen MR) is 156 cm³/mol. The Kier molecular flexibility index (Phi) is 11.1. The molecule has 0 unspecified atom stereocenters. The number of carbonyl (C=O) groups excluding carboxylic acids is 3. The lowest BCUT2D eigenvalue weighted by Gasteiger charge is -2.13. The predicted octanol–water partition coefficient (Wildman–Crippen LogP) is 3.91. The first kappa shape index (κ1) is 30.2. The second kappa shape index (κ2) is 14.7. The van der Waals surface area contributed by atoms with E-state index in [1.54, 1.807) is 44.6 Å². The summed E-state index contributed by atoms with van der Waals surface area (Å²) in [6.07, 6.45) is 1.90. The normalized spacial score (nSPS) is 10.6. The van der Waals surface area contributed by atoms with E-state index in [4.69, 9.17) is 14.2 Å². The van der Waals surface area contributed by atoms with Gasteiger partial charge < -0.3 is 24.8 Å². The van der Waals surface area contributed by atoms with Crippen LogP contribution in [0.2, 0.25) is 0 Å². The van der Waals surface area contributed by atoms with Crippen LogP contribution in [0.3, 0.4) is 0 Å². The van der Waals surface area contributed by atoms with Crippen molar-refractivity contribution in [1.82, 2.24) is 10.7 Å². The van der Waals surface area contributed by atoms with Crippen molar-refractivity contribution in [3.8, 4) is 17.2 Å². The Balaban J connectivity index is 1.40. The molecule has 0 atom stereocenters. The Morgan fingerprint density at radius 2 is 1.57 bits per heavy atom. The zero-order chi connectivity index (χ0) is 29.1. The van der Waals surface area contributed by atoms with E-state index in [9.17, 15) is 14.4 Å². The first-order valence-corrected chi connectivity index (χ1v) is 13.1. The van der Waals surface area contributed by atoms with Gasteiger partial charge >= 0.3 is 11.8 Å². The standard InChI is InChI=1S/C29H31BrN4O6/c1-18-13-22(30)14-19(2)27(18)33-26(35)17-40-23-8-5-21(6-9-23)16-32-34-29(37)28(36)31-12-11-20-7-10-24(38-3)25(15-20)39-4/h5-10,13-16H,11-12,17H2,1-4H3,(H,31,36)(H,33,35)(H,34,37)/b32-16-. The van der Waals surface area contributed by atoms with Gasteiger partial charge in [0, 0.05) is 16.7 Å². The van der Waals surface area contributed by atoms with E-state index in [0.29, 0.717) is 29.2 Å². The van der Waals surface area contributed by atoms with Crippen LogP contribution in [0.25, 0.3) is 0 Å². The molecule has 0 aliphatic carbocycles. The second-order valence-electron chi connectivity index (χ2n) is 8.71. The molecule has 0 spiro atoms. The van der Waals surface area contributed by atoms with Crippen molar-refractivity contribution in [2.45, 2.75) is 20.3 Å². The number of aryl methyl sites for hydroxylation is 2. The smallest absolute Gasteiger partial charge is 0.329 e. The number of rotatable bonds is 11. The Labute approximate surface area is 241 Å². The van der Waals surface area contributed by atoms with Crippen LogP contribution in [-0.2, 0) is 20.8 Å². The van der Waals surface area contributed by atoms with Gasteiger partial charge in [-0.3, -0.25) is 14.4 Å². The lowest BCUT2D eigenvalue weighted by atomic mass is 10.1. The summed E-state index contributed by atoms with van der Waals surface area (Å²) in [5.74, 6) is -0.262. The van der Waals surface area contributed by atoms with E-state index in [0.717, 1.165) is 26.9 Å². The van der Waals surface area contributed by atoms with Crippen molar-refractivity contribution in [1.29, 1.82) is 0 Å². The Morgan fingerprint density at radius 3 is 2.23 bits per heavy atom. The van der Waals surface area contributed by atoms with Crippen LogP contribution in [-0.4, -0.2) is 51.3 Å². The molecular weight excluding hydrogens is 580 g/mol. The molecule has 0 aliphatic rings. The van der Waals surface area contributed by atoms with E-state index in [1.165, 1.54) is 6.21 Å². The van der Waals surface area contributed by atoms with Crippen LogP contribution >= 0.6 is 15.9 Å². The summed E-state index contributed by atoms with van der Waals surface area (Å²) in [6, 6.07) is 16.1. The molecule has 3 amide bonds. The fourth-order valence-corrected chi connectivity index (χ4v) is 4.42. The Hall–Kier alpha value is -4.38. The van der Waals surface area contributed by atoms with Crippen LogP contribution in [0.5, 0.6) is 17.2 Å². The minimum absolute atomic E-state index is 0.153. The number of benzene rings is 3. The second-order valence-corrected chi connectivity index (χ2v) is 9.63. The van der Waals surface area contributed by atoms with Crippen LogP contribution < -0.4 is 30.3 Å². The van der Waals surface area contributed by atoms with Crippen LogP contribution in [0, 0.1) is 13.8 Å². The van der Waals surface area contributed by atoms with E-state index < -0.39 is 11.8 Å². The van der Waals surface area contributed by atoms with Crippen LogP contribution in [0.15, 0.2) is 64.2 Å². The number of methoxy groups -OCH3 is 2. The van der Waals surface area contributed by atoms with Gasteiger partial charge in [-0.2, -0.15) is 5.10 Å². The first-order chi connectivity index (χ1) is 19.2. The van der Waals surface area contributed by atoms with Crippen molar-refractivity contribution in [2.24, 2.45) is 5.10 Å². The fourth-order valence-electron chi connectivity index (χ4n) is 3.74. The van der Waals surface area contributed by atoms with E-state index in [2.05, 4.69) is 37.1 Å². The number of amides is 3. The molecular formula is C29H31BrN4O6. The summed E-state index contributed by atoms with van der Waals surface area (Å²) < 4.78 is 17.0. The lowest BCUT2D eigenvalue weighted by molar-refractivity contribution is -0.139. The topological polar surface area (TPSA) is 127 Å². The van der Waals surface area contributed by atoms with Crippen LogP contribution in [0.4, 0.5) is 5.69 Å².